The maximum absolute atomic E-state index is 12.3. The van der Waals surface area contributed by atoms with Crippen LogP contribution in [0, 0.1) is 6.92 Å². The number of carbonyl (C=O) groups is 1. The number of tetrazole rings is 1. The molecule has 0 spiro atoms. The lowest BCUT2D eigenvalue weighted by atomic mass is 10.2. The first-order chi connectivity index (χ1) is 11.2. The number of para-hydroxylation sites is 2. The van der Waals surface area contributed by atoms with E-state index in [1.165, 1.54) is 11.3 Å². The van der Waals surface area contributed by atoms with Crippen molar-refractivity contribution in [2.45, 2.75) is 26.7 Å². The molecule has 2 aromatic heterocycles. The fourth-order valence-corrected chi connectivity index (χ4v) is 2.84. The van der Waals surface area contributed by atoms with E-state index in [0.717, 1.165) is 22.2 Å². The summed E-state index contributed by atoms with van der Waals surface area (Å²) >= 11 is 1.54. The third-order valence-electron chi connectivity index (χ3n) is 3.26. The molecule has 0 saturated carbocycles. The summed E-state index contributed by atoms with van der Waals surface area (Å²) in [7, 11) is 0. The molecular weight excluding hydrogens is 312 g/mol. The van der Waals surface area contributed by atoms with Gasteiger partial charge < -0.3 is 5.32 Å². The van der Waals surface area contributed by atoms with Gasteiger partial charge >= 0.3 is 0 Å². The minimum atomic E-state index is -0.117. The summed E-state index contributed by atoms with van der Waals surface area (Å²) in [6.45, 7) is 3.90. The molecule has 0 aliphatic heterocycles. The predicted octanol–water partition coefficient (Wildman–Crippen LogP) is 2.17. The number of rotatable bonds is 5. The van der Waals surface area contributed by atoms with Crippen LogP contribution >= 0.6 is 11.3 Å². The van der Waals surface area contributed by atoms with Crippen molar-refractivity contribution in [2.75, 3.05) is 5.32 Å². The molecule has 118 valence electrons. The molecular formula is C15H16N6OS. The van der Waals surface area contributed by atoms with Gasteiger partial charge in [0, 0.05) is 11.8 Å². The predicted molar refractivity (Wildman–Crippen MR) is 87.7 cm³/mol. The number of nitrogens with zero attached hydrogens (tertiary/aromatic N) is 5. The van der Waals surface area contributed by atoms with E-state index in [0.29, 0.717) is 12.1 Å². The molecule has 0 aliphatic rings. The Hall–Kier alpha value is -2.61. The summed E-state index contributed by atoms with van der Waals surface area (Å²) < 4.78 is 1.64. The van der Waals surface area contributed by atoms with Crippen LogP contribution in [-0.4, -0.2) is 31.1 Å². The monoisotopic (exact) mass is 328 g/mol. The van der Waals surface area contributed by atoms with E-state index in [1.54, 1.807) is 4.68 Å². The van der Waals surface area contributed by atoms with E-state index in [2.05, 4.69) is 25.8 Å². The number of anilines is 1. The second-order valence-electron chi connectivity index (χ2n) is 4.96. The Bertz CT molecular complexity index is 825. The second kappa shape index (κ2) is 6.66. The highest BCUT2D eigenvalue weighted by molar-refractivity contribution is 7.09. The lowest BCUT2D eigenvalue weighted by Gasteiger charge is -2.11. The fraction of sp³-hybridized carbons (Fsp3) is 0.267. The Labute approximate surface area is 137 Å². The summed E-state index contributed by atoms with van der Waals surface area (Å²) in [5.74, 6) is 0.621. The first-order valence-electron chi connectivity index (χ1n) is 7.25. The lowest BCUT2D eigenvalue weighted by Crippen LogP contribution is -2.17. The molecule has 0 bridgehead atoms. The first kappa shape index (κ1) is 15.3. The number of aryl methyl sites for hydroxylation is 2. The van der Waals surface area contributed by atoms with Crippen molar-refractivity contribution in [1.29, 1.82) is 0 Å². The quantitative estimate of drug-likeness (QED) is 0.776. The molecule has 2 heterocycles. The summed E-state index contributed by atoms with van der Waals surface area (Å²) in [5.41, 5.74) is 2.20. The summed E-state index contributed by atoms with van der Waals surface area (Å²) in [4.78, 5) is 16.6. The van der Waals surface area contributed by atoms with Crippen molar-refractivity contribution in [3.63, 3.8) is 0 Å². The summed E-state index contributed by atoms with van der Waals surface area (Å²) in [6, 6.07) is 7.46. The highest BCUT2D eigenvalue weighted by atomic mass is 32.1. The molecule has 1 N–H and O–H groups in total. The van der Waals surface area contributed by atoms with Crippen molar-refractivity contribution in [1.82, 2.24) is 25.2 Å². The van der Waals surface area contributed by atoms with Gasteiger partial charge in [-0.05, 0) is 29.5 Å². The first-order valence-corrected chi connectivity index (χ1v) is 8.13. The average molecular weight is 328 g/mol. The molecule has 23 heavy (non-hydrogen) atoms. The Kier molecular flexibility index (Phi) is 4.42. The van der Waals surface area contributed by atoms with E-state index >= 15 is 0 Å². The van der Waals surface area contributed by atoms with Gasteiger partial charge in [0.2, 0.25) is 5.91 Å². The van der Waals surface area contributed by atoms with E-state index in [9.17, 15) is 4.79 Å². The third-order valence-corrected chi connectivity index (χ3v) is 4.09. The SMILES string of the molecule is CCc1nnnn1-c1ccccc1NC(=O)Cc1csc(C)n1. The normalized spacial score (nSPS) is 10.7. The van der Waals surface area contributed by atoms with Crippen LogP contribution in [0.15, 0.2) is 29.6 Å². The smallest absolute Gasteiger partial charge is 0.230 e. The maximum Gasteiger partial charge on any atom is 0.230 e. The largest absolute Gasteiger partial charge is 0.324 e. The zero-order valence-electron chi connectivity index (χ0n) is 12.9. The molecule has 8 heteroatoms. The molecule has 0 atom stereocenters. The van der Waals surface area contributed by atoms with Crippen LogP contribution in [0.5, 0.6) is 0 Å². The van der Waals surface area contributed by atoms with Crippen LogP contribution < -0.4 is 5.32 Å². The number of aromatic nitrogens is 5. The average Bonchev–Trinajstić information content (AvgIpc) is 3.16. The van der Waals surface area contributed by atoms with Gasteiger partial charge in [0.25, 0.3) is 0 Å². The van der Waals surface area contributed by atoms with E-state index in [-0.39, 0.29) is 12.3 Å². The minimum absolute atomic E-state index is 0.117. The van der Waals surface area contributed by atoms with Crippen molar-refractivity contribution >= 4 is 22.9 Å². The Balaban J connectivity index is 1.82. The molecule has 3 aromatic rings. The number of benzene rings is 1. The summed E-state index contributed by atoms with van der Waals surface area (Å²) in [6.07, 6.45) is 0.947. The van der Waals surface area contributed by atoms with Gasteiger partial charge in [-0.3, -0.25) is 4.79 Å². The van der Waals surface area contributed by atoms with Crippen LogP contribution in [0.4, 0.5) is 5.69 Å². The van der Waals surface area contributed by atoms with Crippen molar-refractivity contribution in [3.8, 4) is 5.69 Å². The maximum atomic E-state index is 12.3. The Morgan fingerprint density at radius 1 is 1.35 bits per heavy atom. The molecule has 3 rings (SSSR count). The molecule has 1 aromatic carbocycles. The zero-order chi connectivity index (χ0) is 16.2. The molecule has 0 saturated heterocycles. The molecule has 0 radical (unpaired) electrons. The van der Waals surface area contributed by atoms with Gasteiger partial charge in [0.15, 0.2) is 5.82 Å². The van der Waals surface area contributed by atoms with Gasteiger partial charge in [0.1, 0.15) is 0 Å². The molecule has 0 fully saturated rings. The second-order valence-corrected chi connectivity index (χ2v) is 6.02. The van der Waals surface area contributed by atoms with E-state index in [1.807, 2.05) is 43.5 Å². The molecule has 7 nitrogen and oxygen atoms in total. The zero-order valence-corrected chi connectivity index (χ0v) is 13.7. The molecule has 1 amide bonds. The van der Waals surface area contributed by atoms with Crippen molar-refractivity contribution in [3.05, 3.63) is 46.2 Å². The standard InChI is InChI=1S/C15H16N6OS/c1-3-14-18-19-20-21(14)13-7-5-4-6-12(13)17-15(22)8-11-9-23-10(2)16-11/h4-7,9H,3,8H2,1-2H3,(H,17,22). The fourth-order valence-electron chi connectivity index (χ4n) is 2.23. The van der Waals surface area contributed by atoms with Crippen LogP contribution in [0.25, 0.3) is 5.69 Å². The highest BCUT2D eigenvalue weighted by Gasteiger charge is 2.13. The topological polar surface area (TPSA) is 85.6 Å². The van der Waals surface area contributed by atoms with Crippen LogP contribution in [0.3, 0.4) is 0 Å². The van der Waals surface area contributed by atoms with Crippen LogP contribution in [-0.2, 0) is 17.6 Å². The number of amides is 1. The number of carbonyl (C=O) groups excluding carboxylic acids is 1. The third kappa shape index (κ3) is 3.42. The van der Waals surface area contributed by atoms with Gasteiger partial charge in [-0.25, -0.2) is 4.98 Å². The Morgan fingerprint density at radius 2 is 2.17 bits per heavy atom. The van der Waals surface area contributed by atoms with Gasteiger partial charge in [-0.15, -0.1) is 16.4 Å². The number of hydrogen-bond acceptors (Lipinski definition) is 6. The van der Waals surface area contributed by atoms with Gasteiger partial charge in [0.05, 0.1) is 28.5 Å². The van der Waals surface area contributed by atoms with Gasteiger partial charge in [-0.2, -0.15) is 4.68 Å². The molecule has 0 aliphatic carbocycles. The summed E-state index contributed by atoms with van der Waals surface area (Å²) in [5, 5.41) is 17.5. The number of thiazole rings is 1. The van der Waals surface area contributed by atoms with Crippen LogP contribution in [0.1, 0.15) is 23.4 Å². The lowest BCUT2D eigenvalue weighted by molar-refractivity contribution is -0.115. The minimum Gasteiger partial charge on any atom is -0.324 e. The van der Waals surface area contributed by atoms with Gasteiger partial charge in [-0.1, -0.05) is 19.1 Å². The highest BCUT2D eigenvalue weighted by Crippen LogP contribution is 2.20. The van der Waals surface area contributed by atoms with Crippen LogP contribution in [0.2, 0.25) is 0 Å². The molecule has 0 unspecified atom stereocenters. The van der Waals surface area contributed by atoms with Crippen molar-refractivity contribution in [2.24, 2.45) is 0 Å². The number of nitrogens with one attached hydrogen (secondary N) is 1. The number of hydrogen-bond donors (Lipinski definition) is 1. The Morgan fingerprint density at radius 3 is 2.91 bits per heavy atom. The van der Waals surface area contributed by atoms with E-state index in [4.69, 9.17) is 0 Å². The van der Waals surface area contributed by atoms with Crippen molar-refractivity contribution < 1.29 is 4.79 Å². The van der Waals surface area contributed by atoms with E-state index < -0.39 is 0 Å².